The van der Waals surface area contributed by atoms with Crippen molar-refractivity contribution in [2.24, 2.45) is 5.73 Å². The Labute approximate surface area is 118 Å². The van der Waals surface area contributed by atoms with Crippen molar-refractivity contribution in [3.05, 3.63) is 29.8 Å². The second-order valence-electron chi connectivity index (χ2n) is 4.67. The number of rotatable bonds is 6. The van der Waals surface area contributed by atoms with Crippen LogP contribution >= 0.6 is 12.2 Å². The van der Waals surface area contributed by atoms with E-state index in [0.29, 0.717) is 29.8 Å². The van der Waals surface area contributed by atoms with Crippen molar-refractivity contribution in [3.8, 4) is 0 Å². The Morgan fingerprint density at radius 2 is 2.26 bits per heavy atom. The van der Waals surface area contributed by atoms with Gasteiger partial charge in [-0.15, -0.1) is 0 Å². The number of benzene rings is 1. The minimum absolute atomic E-state index is 0.0561. The number of carbonyl (C=O) groups is 1. The van der Waals surface area contributed by atoms with E-state index in [9.17, 15) is 4.79 Å². The van der Waals surface area contributed by atoms with E-state index >= 15 is 0 Å². The average Bonchev–Trinajstić information content (AvgIpc) is 2.32. The van der Waals surface area contributed by atoms with Crippen LogP contribution in [0.5, 0.6) is 0 Å². The summed E-state index contributed by atoms with van der Waals surface area (Å²) in [4.78, 5) is 12.0. The third-order valence-corrected chi connectivity index (χ3v) is 3.40. The molecule has 102 valence electrons. The number of hydrogen-bond donors (Lipinski definition) is 2. The van der Waals surface area contributed by atoms with E-state index in [2.05, 4.69) is 5.32 Å². The molecular formula is C14H18N2O2S. The van der Waals surface area contributed by atoms with Gasteiger partial charge in [-0.25, -0.2) is 0 Å². The minimum Gasteiger partial charge on any atom is -0.389 e. The summed E-state index contributed by atoms with van der Waals surface area (Å²) >= 11 is 4.90. The maximum Gasteiger partial charge on any atom is 0.226 e. The Morgan fingerprint density at radius 1 is 1.47 bits per heavy atom. The highest BCUT2D eigenvalue weighted by molar-refractivity contribution is 7.80. The molecule has 0 atom stereocenters. The van der Waals surface area contributed by atoms with Crippen LogP contribution in [0.2, 0.25) is 0 Å². The molecule has 0 spiro atoms. The maximum atomic E-state index is 11.7. The van der Waals surface area contributed by atoms with Crippen molar-refractivity contribution in [3.63, 3.8) is 0 Å². The molecule has 0 bridgehead atoms. The van der Waals surface area contributed by atoms with Crippen molar-refractivity contribution in [2.75, 3.05) is 11.9 Å². The van der Waals surface area contributed by atoms with Gasteiger partial charge in [0.05, 0.1) is 19.1 Å². The van der Waals surface area contributed by atoms with Gasteiger partial charge in [0.2, 0.25) is 5.91 Å². The normalized spacial score (nSPS) is 14.7. The maximum absolute atomic E-state index is 11.7. The number of nitrogens with two attached hydrogens (primary N) is 1. The fourth-order valence-corrected chi connectivity index (χ4v) is 1.96. The summed E-state index contributed by atoms with van der Waals surface area (Å²) in [6, 6.07) is 7.21. The van der Waals surface area contributed by atoms with Crippen molar-refractivity contribution in [2.45, 2.75) is 31.8 Å². The van der Waals surface area contributed by atoms with Crippen LogP contribution in [-0.2, 0) is 9.53 Å². The molecule has 1 saturated carbocycles. The number of carbonyl (C=O) groups excluding carboxylic acids is 1. The standard InChI is InChI=1S/C14H18N2O2S/c15-14(19)10-3-1-4-11(9-10)16-13(17)7-8-18-12-5-2-6-12/h1,3-4,9,12H,2,5-8H2,(H2,15,19)(H,16,17). The minimum atomic E-state index is -0.0561. The molecule has 0 saturated heterocycles. The highest BCUT2D eigenvalue weighted by Gasteiger charge is 2.17. The molecule has 1 aliphatic carbocycles. The molecule has 5 heteroatoms. The van der Waals surface area contributed by atoms with Gasteiger partial charge in [-0.3, -0.25) is 4.79 Å². The smallest absolute Gasteiger partial charge is 0.226 e. The second-order valence-corrected chi connectivity index (χ2v) is 5.11. The topological polar surface area (TPSA) is 64.3 Å². The van der Waals surface area contributed by atoms with Gasteiger partial charge in [0.1, 0.15) is 4.99 Å². The number of amides is 1. The molecule has 0 aromatic heterocycles. The third kappa shape index (κ3) is 4.29. The van der Waals surface area contributed by atoms with Gasteiger partial charge in [-0.1, -0.05) is 24.4 Å². The van der Waals surface area contributed by atoms with Crippen LogP contribution < -0.4 is 11.1 Å². The molecule has 1 aliphatic rings. The molecule has 19 heavy (non-hydrogen) atoms. The molecular weight excluding hydrogens is 260 g/mol. The fourth-order valence-electron chi connectivity index (χ4n) is 1.83. The van der Waals surface area contributed by atoms with E-state index < -0.39 is 0 Å². The Balaban J connectivity index is 1.77. The van der Waals surface area contributed by atoms with Gasteiger partial charge in [0, 0.05) is 11.3 Å². The van der Waals surface area contributed by atoms with Crippen molar-refractivity contribution in [1.29, 1.82) is 0 Å². The summed E-state index contributed by atoms with van der Waals surface area (Å²) < 4.78 is 5.55. The highest BCUT2D eigenvalue weighted by atomic mass is 32.1. The Hall–Kier alpha value is -1.46. The quantitative estimate of drug-likeness (QED) is 0.783. The molecule has 0 aliphatic heterocycles. The summed E-state index contributed by atoms with van der Waals surface area (Å²) in [5.74, 6) is -0.0561. The molecule has 1 aromatic carbocycles. The summed E-state index contributed by atoms with van der Waals surface area (Å²) in [7, 11) is 0. The zero-order valence-electron chi connectivity index (χ0n) is 10.7. The van der Waals surface area contributed by atoms with Crippen LogP contribution in [0.4, 0.5) is 5.69 Å². The first kappa shape index (κ1) is 14.0. The van der Waals surface area contributed by atoms with Crippen LogP contribution in [0, 0.1) is 0 Å². The zero-order valence-corrected chi connectivity index (χ0v) is 11.5. The third-order valence-electron chi connectivity index (χ3n) is 3.17. The number of ether oxygens (including phenoxy) is 1. The van der Waals surface area contributed by atoms with Gasteiger partial charge in [0.15, 0.2) is 0 Å². The molecule has 0 unspecified atom stereocenters. The van der Waals surface area contributed by atoms with Crippen LogP contribution in [0.1, 0.15) is 31.2 Å². The lowest BCUT2D eigenvalue weighted by Gasteiger charge is -2.25. The predicted molar refractivity (Wildman–Crippen MR) is 79.2 cm³/mol. The van der Waals surface area contributed by atoms with Gasteiger partial charge in [-0.05, 0) is 31.4 Å². The fraction of sp³-hybridized carbons (Fsp3) is 0.429. The molecule has 0 radical (unpaired) electrons. The Kier molecular flexibility index (Phi) is 4.87. The molecule has 1 amide bonds. The van der Waals surface area contributed by atoms with E-state index in [4.69, 9.17) is 22.7 Å². The van der Waals surface area contributed by atoms with Gasteiger partial charge in [-0.2, -0.15) is 0 Å². The second kappa shape index (κ2) is 6.63. The van der Waals surface area contributed by atoms with Gasteiger partial charge < -0.3 is 15.8 Å². The van der Waals surface area contributed by atoms with Crippen molar-refractivity contribution >= 4 is 28.8 Å². The van der Waals surface area contributed by atoms with Crippen molar-refractivity contribution in [1.82, 2.24) is 0 Å². The summed E-state index contributed by atoms with van der Waals surface area (Å²) in [6.45, 7) is 0.478. The molecule has 4 nitrogen and oxygen atoms in total. The average molecular weight is 278 g/mol. The van der Waals surface area contributed by atoms with E-state index in [0.717, 1.165) is 18.4 Å². The molecule has 1 aromatic rings. The van der Waals surface area contributed by atoms with Crippen LogP contribution in [0.3, 0.4) is 0 Å². The van der Waals surface area contributed by atoms with E-state index in [1.54, 1.807) is 6.07 Å². The molecule has 0 heterocycles. The summed E-state index contributed by atoms with van der Waals surface area (Å²) in [5, 5.41) is 2.81. The zero-order chi connectivity index (χ0) is 13.7. The number of anilines is 1. The largest absolute Gasteiger partial charge is 0.389 e. The lowest BCUT2D eigenvalue weighted by atomic mass is 9.96. The van der Waals surface area contributed by atoms with Crippen molar-refractivity contribution < 1.29 is 9.53 Å². The highest BCUT2D eigenvalue weighted by Crippen LogP contribution is 2.21. The van der Waals surface area contributed by atoms with Gasteiger partial charge in [0.25, 0.3) is 0 Å². The first-order valence-corrected chi connectivity index (χ1v) is 6.87. The number of hydrogen-bond acceptors (Lipinski definition) is 3. The number of thiocarbonyl (C=S) groups is 1. The van der Waals surface area contributed by atoms with E-state index in [1.165, 1.54) is 6.42 Å². The first-order valence-electron chi connectivity index (χ1n) is 6.46. The lowest BCUT2D eigenvalue weighted by Crippen LogP contribution is -2.24. The molecule has 3 N–H and O–H groups in total. The first-order chi connectivity index (χ1) is 9.15. The summed E-state index contributed by atoms with van der Waals surface area (Å²) in [6.07, 6.45) is 4.22. The SMILES string of the molecule is NC(=S)c1cccc(NC(=O)CCOC2CCC2)c1. The van der Waals surface area contributed by atoms with Crippen LogP contribution in [-0.4, -0.2) is 23.6 Å². The van der Waals surface area contributed by atoms with E-state index in [-0.39, 0.29) is 5.91 Å². The monoisotopic (exact) mass is 278 g/mol. The predicted octanol–water partition coefficient (Wildman–Crippen LogP) is 2.22. The molecule has 2 rings (SSSR count). The lowest BCUT2D eigenvalue weighted by molar-refractivity contribution is -0.118. The Morgan fingerprint density at radius 3 is 2.89 bits per heavy atom. The van der Waals surface area contributed by atoms with Crippen LogP contribution in [0.25, 0.3) is 0 Å². The van der Waals surface area contributed by atoms with E-state index in [1.807, 2.05) is 18.2 Å². The van der Waals surface area contributed by atoms with Gasteiger partial charge >= 0.3 is 0 Å². The molecule has 1 fully saturated rings. The summed E-state index contributed by atoms with van der Waals surface area (Å²) in [5.41, 5.74) is 7.00. The Bertz CT molecular complexity index is 472. The van der Waals surface area contributed by atoms with Crippen LogP contribution in [0.15, 0.2) is 24.3 Å². The number of nitrogens with one attached hydrogen (secondary N) is 1.